The predicted octanol–water partition coefficient (Wildman–Crippen LogP) is 3.21. The number of aliphatic hydroxyl groups excluding tert-OH is 1. The predicted molar refractivity (Wildman–Crippen MR) is 75.9 cm³/mol. The van der Waals surface area contributed by atoms with Gasteiger partial charge in [0.15, 0.2) is 0 Å². The van der Waals surface area contributed by atoms with Crippen molar-refractivity contribution in [3.63, 3.8) is 0 Å². The second-order valence-electron chi connectivity index (χ2n) is 3.98. The summed E-state index contributed by atoms with van der Waals surface area (Å²) >= 11 is 11.8. The van der Waals surface area contributed by atoms with E-state index in [2.05, 4.69) is 5.32 Å². The van der Waals surface area contributed by atoms with E-state index in [1.807, 2.05) is 6.07 Å². The molecule has 0 bridgehead atoms. The van der Waals surface area contributed by atoms with Crippen LogP contribution in [0.4, 0.5) is 4.79 Å². The van der Waals surface area contributed by atoms with E-state index in [9.17, 15) is 4.79 Å². The number of aliphatic hydroxyl groups is 1. The minimum absolute atomic E-state index is 0.0232. The lowest BCUT2D eigenvalue weighted by molar-refractivity contribution is 0.151. The molecule has 0 spiro atoms. The van der Waals surface area contributed by atoms with Gasteiger partial charge in [0.2, 0.25) is 0 Å². The van der Waals surface area contributed by atoms with Gasteiger partial charge in [-0.05, 0) is 31.0 Å². The highest BCUT2D eigenvalue weighted by Crippen LogP contribution is 2.27. The number of rotatable bonds is 6. The Morgan fingerprint density at radius 1 is 1.42 bits per heavy atom. The van der Waals surface area contributed by atoms with E-state index >= 15 is 0 Å². The maximum atomic E-state index is 11.3. The number of amides is 1. The van der Waals surface area contributed by atoms with Crippen LogP contribution in [0.5, 0.6) is 0 Å². The van der Waals surface area contributed by atoms with Crippen LogP contribution in [0, 0.1) is 0 Å². The number of benzene rings is 1. The Labute approximate surface area is 122 Å². The molecule has 0 heterocycles. The van der Waals surface area contributed by atoms with Gasteiger partial charge < -0.3 is 15.2 Å². The summed E-state index contributed by atoms with van der Waals surface area (Å²) in [6.45, 7) is 2.46. The van der Waals surface area contributed by atoms with Gasteiger partial charge in [-0.2, -0.15) is 0 Å². The molecule has 1 rings (SSSR count). The normalized spacial score (nSPS) is 12.0. The topological polar surface area (TPSA) is 58.6 Å². The molecule has 0 saturated carbocycles. The molecule has 0 radical (unpaired) electrons. The second-order valence-corrected chi connectivity index (χ2v) is 4.80. The highest BCUT2D eigenvalue weighted by molar-refractivity contribution is 6.42. The Bertz CT molecular complexity index is 426. The van der Waals surface area contributed by atoms with Crippen LogP contribution in [0.2, 0.25) is 10.0 Å². The molecule has 0 saturated heterocycles. The Morgan fingerprint density at radius 3 is 2.74 bits per heavy atom. The van der Waals surface area contributed by atoms with E-state index < -0.39 is 6.09 Å². The number of alkyl carbamates (subject to hydrolysis) is 1. The van der Waals surface area contributed by atoms with Crippen molar-refractivity contribution in [2.24, 2.45) is 0 Å². The summed E-state index contributed by atoms with van der Waals surface area (Å²) in [5, 5.41) is 12.7. The van der Waals surface area contributed by atoms with Crippen LogP contribution < -0.4 is 5.32 Å². The van der Waals surface area contributed by atoms with Gasteiger partial charge in [0, 0.05) is 19.1 Å². The molecule has 2 N–H and O–H groups in total. The molecule has 6 heteroatoms. The molecule has 106 valence electrons. The quantitative estimate of drug-likeness (QED) is 0.848. The number of ether oxygens (including phenoxy) is 1. The Balaban J connectivity index is 2.70. The first-order valence-electron chi connectivity index (χ1n) is 6.04. The number of halogens is 2. The lowest BCUT2D eigenvalue weighted by Gasteiger charge is -2.17. The Kier molecular flexibility index (Phi) is 6.99. The summed E-state index contributed by atoms with van der Waals surface area (Å²) in [7, 11) is 0. The zero-order chi connectivity index (χ0) is 14.3. The molecule has 1 amide bonds. The summed E-state index contributed by atoms with van der Waals surface area (Å²) in [4.78, 5) is 11.3. The van der Waals surface area contributed by atoms with Crippen molar-refractivity contribution in [1.29, 1.82) is 0 Å². The van der Waals surface area contributed by atoms with E-state index in [0.717, 1.165) is 5.56 Å². The maximum Gasteiger partial charge on any atom is 0.407 e. The van der Waals surface area contributed by atoms with E-state index in [0.29, 0.717) is 29.6 Å². The molecule has 19 heavy (non-hydrogen) atoms. The van der Waals surface area contributed by atoms with Crippen LogP contribution in [-0.2, 0) is 4.74 Å². The average Bonchev–Trinajstić information content (AvgIpc) is 2.38. The molecule has 1 atom stereocenters. The standard InChI is InChI=1S/C13H17Cl2NO3/c1-2-19-13(18)16-8-10(5-6-17)9-3-4-11(14)12(15)7-9/h3-4,7,10,17H,2,5-6,8H2,1H3,(H,16,18)/t10-/m1/s1. The summed E-state index contributed by atoms with van der Waals surface area (Å²) in [5.74, 6) is -0.0378. The van der Waals surface area contributed by atoms with Crippen molar-refractivity contribution in [1.82, 2.24) is 5.32 Å². The van der Waals surface area contributed by atoms with Gasteiger partial charge in [0.05, 0.1) is 16.7 Å². The summed E-state index contributed by atoms with van der Waals surface area (Å²) < 4.78 is 4.79. The lowest BCUT2D eigenvalue weighted by atomic mass is 9.96. The van der Waals surface area contributed by atoms with E-state index in [1.165, 1.54) is 0 Å². The van der Waals surface area contributed by atoms with Gasteiger partial charge in [0.25, 0.3) is 0 Å². The van der Waals surface area contributed by atoms with Gasteiger partial charge >= 0.3 is 6.09 Å². The van der Waals surface area contributed by atoms with Crippen LogP contribution in [-0.4, -0.2) is 31.0 Å². The van der Waals surface area contributed by atoms with Gasteiger partial charge in [-0.3, -0.25) is 0 Å². The van der Waals surface area contributed by atoms with Crippen LogP contribution in [0.1, 0.15) is 24.8 Å². The third-order valence-electron chi connectivity index (χ3n) is 2.66. The van der Waals surface area contributed by atoms with Crippen molar-refractivity contribution in [3.05, 3.63) is 33.8 Å². The first-order chi connectivity index (χ1) is 9.08. The van der Waals surface area contributed by atoms with E-state index in [4.69, 9.17) is 33.0 Å². The fourth-order valence-corrected chi connectivity index (χ4v) is 2.00. The maximum absolute atomic E-state index is 11.3. The first-order valence-corrected chi connectivity index (χ1v) is 6.80. The number of carbonyl (C=O) groups excluding carboxylic acids is 1. The summed E-state index contributed by atoms with van der Waals surface area (Å²) in [6.07, 6.45) is 0.0511. The average molecular weight is 306 g/mol. The molecule has 0 aliphatic carbocycles. The molecule has 0 fully saturated rings. The smallest absolute Gasteiger partial charge is 0.407 e. The molecule has 0 aliphatic heterocycles. The van der Waals surface area contributed by atoms with Crippen molar-refractivity contribution >= 4 is 29.3 Å². The first kappa shape index (κ1) is 16.1. The van der Waals surface area contributed by atoms with Gasteiger partial charge in [0.1, 0.15) is 0 Å². The molecule has 0 unspecified atom stereocenters. The van der Waals surface area contributed by atoms with Crippen LogP contribution in [0.15, 0.2) is 18.2 Å². The van der Waals surface area contributed by atoms with Gasteiger partial charge in [-0.25, -0.2) is 4.79 Å². The Morgan fingerprint density at radius 2 is 2.16 bits per heavy atom. The van der Waals surface area contributed by atoms with Crippen molar-refractivity contribution in [3.8, 4) is 0 Å². The molecule has 1 aromatic rings. The van der Waals surface area contributed by atoms with Crippen LogP contribution >= 0.6 is 23.2 Å². The third kappa shape index (κ3) is 5.27. The number of hydrogen-bond donors (Lipinski definition) is 2. The van der Waals surface area contributed by atoms with Crippen molar-refractivity contribution in [2.75, 3.05) is 19.8 Å². The number of carbonyl (C=O) groups is 1. The molecular weight excluding hydrogens is 289 g/mol. The molecule has 0 aromatic heterocycles. The fraction of sp³-hybridized carbons (Fsp3) is 0.462. The van der Waals surface area contributed by atoms with Gasteiger partial charge in [-0.15, -0.1) is 0 Å². The SMILES string of the molecule is CCOC(=O)NC[C@@H](CCO)c1ccc(Cl)c(Cl)c1. The van der Waals surface area contributed by atoms with Crippen LogP contribution in [0.3, 0.4) is 0 Å². The monoisotopic (exact) mass is 305 g/mol. The highest BCUT2D eigenvalue weighted by atomic mass is 35.5. The fourth-order valence-electron chi connectivity index (χ4n) is 1.70. The number of nitrogens with one attached hydrogen (secondary N) is 1. The Hall–Kier alpha value is -0.970. The van der Waals surface area contributed by atoms with E-state index in [1.54, 1.807) is 19.1 Å². The van der Waals surface area contributed by atoms with Crippen molar-refractivity contribution < 1.29 is 14.6 Å². The zero-order valence-corrected chi connectivity index (χ0v) is 12.2. The van der Waals surface area contributed by atoms with Crippen LogP contribution in [0.25, 0.3) is 0 Å². The molecule has 4 nitrogen and oxygen atoms in total. The molecule has 0 aliphatic rings. The minimum Gasteiger partial charge on any atom is -0.450 e. The summed E-state index contributed by atoms with van der Waals surface area (Å²) in [5.41, 5.74) is 0.917. The second kappa shape index (κ2) is 8.25. The third-order valence-corrected chi connectivity index (χ3v) is 3.40. The lowest BCUT2D eigenvalue weighted by Crippen LogP contribution is -2.29. The molecule has 1 aromatic carbocycles. The number of hydrogen-bond acceptors (Lipinski definition) is 3. The van der Waals surface area contributed by atoms with Gasteiger partial charge in [-0.1, -0.05) is 29.3 Å². The largest absolute Gasteiger partial charge is 0.450 e. The zero-order valence-electron chi connectivity index (χ0n) is 10.7. The minimum atomic E-state index is -0.467. The van der Waals surface area contributed by atoms with E-state index in [-0.39, 0.29) is 12.5 Å². The summed E-state index contributed by atoms with van der Waals surface area (Å²) in [6, 6.07) is 5.28. The molecular formula is C13H17Cl2NO3. The highest BCUT2D eigenvalue weighted by Gasteiger charge is 2.14. The van der Waals surface area contributed by atoms with Crippen molar-refractivity contribution in [2.45, 2.75) is 19.3 Å².